The predicted molar refractivity (Wildman–Crippen MR) is 83.4 cm³/mol. The molecule has 6 nitrogen and oxygen atoms in total. The molecule has 0 atom stereocenters. The minimum Gasteiger partial charge on any atom is -0.493 e. The number of rotatable bonds is 4. The van der Waals surface area contributed by atoms with E-state index in [1.807, 2.05) is 18.2 Å². The van der Waals surface area contributed by atoms with Gasteiger partial charge in [0.25, 0.3) is 0 Å². The Labute approximate surface area is 130 Å². The maximum absolute atomic E-state index is 5.42. The van der Waals surface area contributed by atoms with Crippen molar-refractivity contribution < 1.29 is 14.0 Å². The first-order chi connectivity index (χ1) is 10.7. The molecule has 0 unspecified atom stereocenters. The lowest BCUT2D eigenvalue weighted by atomic mass is 10.00. The average molecular weight is 303 g/mol. The number of anilines is 1. The highest BCUT2D eigenvalue weighted by Gasteiger charge is 2.21. The molecule has 0 aliphatic carbocycles. The highest BCUT2D eigenvalue weighted by atomic mass is 16.5. The summed E-state index contributed by atoms with van der Waals surface area (Å²) < 4.78 is 16.0. The molecule has 1 aliphatic rings. The highest BCUT2D eigenvalue weighted by Crippen LogP contribution is 2.32. The molecule has 3 rings (SSSR count). The van der Waals surface area contributed by atoms with Crippen molar-refractivity contribution in [3.05, 3.63) is 18.2 Å². The summed E-state index contributed by atoms with van der Waals surface area (Å²) in [5.41, 5.74) is 0.845. The molecular weight excluding hydrogens is 282 g/mol. The fourth-order valence-electron chi connectivity index (χ4n) is 2.64. The monoisotopic (exact) mass is 303 g/mol. The molecule has 1 saturated heterocycles. The van der Waals surface area contributed by atoms with E-state index in [1.54, 1.807) is 14.2 Å². The molecule has 6 heteroatoms. The van der Waals surface area contributed by atoms with Crippen molar-refractivity contribution in [2.75, 3.05) is 32.2 Å². The third-order valence-electron chi connectivity index (χ3n) is 4.11. The Hall–Kier alpha value is -2.24. The van der Waals surface area contributed by atoms with Crippen molar-refractivity contribution in [3.8, 4) is 22.9 Å². The van der Waals surface area contributed by atoms with Crippen LogP contribution in [0, 0.1) is 5.92 Å². The molecule has 0 spiro atoms. The molecule has 0 amide bonds. The summed E-state index contributed by atoms with van der Waals surface area (Å²) >= 11 is 0. The fraction of sp³-hybridized carbons (Fsp3) is 0.500. The van der Waals surface area contributed by atoms with Crippen LogP contribution in [0.15, 0.2) is 22.7 Å². The molecule has 0 bridgehead atoms. The Morgan fingerprint density at radius 1 is 1.14 bits per heavy atom. The molecule has 2 aromatic rings. The topological polar surface area (TPSA) is 60.6 Å². The smallest absolute Gasteiger partial charge is 0.324 e. The molecule has 118 valence electrons. The van der Waals surface area contributed by atoms with E-state index in [1.165, 1.54) is 0 Å². The van der Waals surface area contributed by atoms with Gasteiger partial charge in [0.15, 0.2) is 11.5 Å². The van der Waals surface area contributed by atoms with Gasteiger partial charge in [0.1, 0.15) is 0 Å². The van der Waals surface area contributed by atoms with Crippen LogP contribution in [0.5, 0.6) is 11.5 Å². The van der Waals surface area contributed by atoms with E-state index < -0.39 is 0 Å². The van der Waals surface area contributed by atoms with Gasteiger partial charge in [-0.1, -0.05) is 12.1 Å². The summed E-state index contributed by atoms with van der Waals surface area (Å²) in [6.07, 6.45) is 2.32. The Morgan fingerprint density at radius 2 is 1.86 bits per heavy atom. The van der Waals surface area contributed by atoms with Gasteiger partial charge < -0.3 is 18.9 Å². The van der Waals surface area contributed by atoms with Crippen molar-refractivity contribution in [1.29, 1.82) is 0 Å². The van der Waals surface area contributed by atoms with Crippen molar-refractivity contribution >= 4 is 6.01 Å². The summed E-state index contributed by atoms with van der Waals surface area (Å²) in [6.45, 7) is 4.21. The van der Waals surface area contributed by atoms with Crippen molar-refractivity contribution in [1.82, 2.24) is 10.1 Å². The zero-order chi connectivity index (χ0) is 15.5. The van der Waals surface area contributed by atoms with Crippen LogP contribution in [0.2, 0.25) is 0 Å². The van der Waals surface area contributed by atoms with E-state index in [4.69, 9.17) is 14.0 Å². The molecule has 2 heterocycles. The Kier molecular flexibility index (Phi) is 4.18. The minimum absolute atomic E-state index is 0.564. The first-order valence-corrected chi connectivity index (χ1v) is 7.52. The lowest BCUT2D eigenvalue weighted by Gasteiger charge is -2.28. The lowest BCUT2D eigenvalue weighted by molar-refractivity contribution is 0.355. The number of nitrogens with zero attached hydrogens (tertiary/aromatic N) is 3. The Balaban J connectivity index is 1.81. The lowest BCUT2D eigenvalue weighted by Crippen LogP contribution is -2.32. The first-order valence-electron chi connectivity index (χ1n) is 7.52. The third kappa shape index (κ3) is 2.86. The molecule has 0 N–H and O–H groups in total. The fourth-order valence-corrected chi connectivity index (χ4v) is 2.64. The van der Waals surface area contributed by atoms with Crippen LogP contribution >= 0.6 is 0 Å². The number of piperidine rings is 1. The average Bonchev–Trinajstić information content (AvgIpc) is 3.05. The van der Waals surface area contributed by atoms with Crippen LogP contribution in [0.1, 0.15) is 19.8 Å². The maximum Gasteiger partial charge on any atom is 0.324 e. The molecule has 1 aromatic carbocycles. The van der Waals surface area contributed by atoms with E-state index in [0.717, 1.165) is 37.4 Å². The summed E-state index contributed by atoms with van der Waals surface area (Å²) in [5, 5.41) is 4.09. The van der Waals surface area contributed by atoms with Gasteiger partial charge in [0.05, 0.1) is 14.2 Å². The standard InChI is InChI=1S/C16H21N3O3/c1-11-6-8-19(9-7-11)16-17-15(18-22-16)12-4-5-13(20-2)14(10-12)21-3/h4-5,10-11H,6-9H2,1-3H3. The normalized spacial score (nSPS) is 15.9. The van der Waals surface area contributed by atoms with Crippen LogP contribution in [-0.4, -0.2) is 37.4 Å². The maximum atomic E-state index is 5.42. The molecule has 1 aliphatic heterocycles. The minimum atomic E-state index is 0.564. The number of methoxy groups -OCH3 is 2. The zero-order valence-electron chi connectivity index (χ0n) is 13.2. The van der Waals surface area contributed by atoms with Gasteiger partial charge in [-0.3, -0.25) is 0 Å². The quantitative estimate of drug-likeness (QED) is 0.865. The Morgan fingerprint density at radius 3 is 2.55 bits per heavy atom. The van der Waals surface area contributed by atoms with Gasteiger partial charge in [0.2, 0.25) is 5.82 Å². The van der Waals surface area contributed by atoms with Crippen LogP contribution in [-0.2, 0) is 0 Å². The molecule has 22 heavy (non-hydrogen) atoms. The number of hydrogen-bond acceptors (Lipinski definition) is 6. The van der Waals surface area contributed by atoms with Crippen molar-refractivity contribution in [2.45, 2.75) is 19.8 Å². The van der Waals surface area contributed by atoms with E-state index in [0.29, 0.717) is 23.3 Å². The zero-order valence-corrected chi connectivity index (χ0v) is 13.2. The van der Waals surface area contributed by atoms with Crippen LogP contribution < -0.4 is 14.4 Å². The number of hydrogen-bond donors (Lipinski definition) is 0. The summed E-state index contributed by atoms with van der Waals surface area (Å²) in [4.78, 5) is 6.66. The predicted octanol–water partition coefficient (Wildman–Crippen LogP) is 2.99. The second kappa shape index (κ2) is 6.25. The van der Waals surface area contributed by atoms with Gasteiger partial charge in [-0.15, -0.1) is 0 Å². The second-order valence-electron chi connectivity index (χ2n) is 5.64. The second-order valence-corrected chi connectivity index (χ2v) is 5.64. The highest BCUT2D eigenvalue weighted by molar-refractivity contribution is 5.61. The number of benzene rings is 1. The van der Waals surface area contributed by atoms with Gasteiger partial charge in [-0.05, 0) is 37.0 Å². The third-order valence-corrected chi connectivity index (χ3v) is 4.11. The van der Waals surface area contributed by atoms with E-state index in [-0.39, 0.29) is 0 Å². The van der Waals surface area contributed by atoms with Gasteiger partial charge in [-0.2, -0.15) is 4.98 Å². The number of ether oxygens (including phenoxy) is 2. The SMILES string of the molecule is COc1ccc(-c2noc(N3CCC(C)CC3)n2)cc1OC. The molecule has 1 aromatic heterocycles. The molecule has 0 saturated carbocycles. The molecule has 0 radical (unpaired) electrons. The van der Waals surface area contributed by atoms with Crippen molar-refractivity contribution in [3.63, 3.8) is 0 Å². The molecule has 1 fully saturated rings. The van der Waals surface area contributed by atoms with E-state index in [9.17, 15) is 0 Å². The van der Waals surface area contributed by atoms with Crippen LogP contribution in [0.4, 0.5) is 6.01 Å². The first kappa shape index (κ1) is 14.7. The van der Waals surface area contributed by atoms with Gasteiger partial charge in [-0.25, -0.2) is 0 Å². The van der Waals surface area contributed by atoms with Crippen molar-refractivity contribution in [2.24, 2.45) is 5.92 Å². The van der Waals surface area contributed by atoms with Crippen LogP contribution in [0.3, 0.4) is 0 Å². The van der Waals surface area contributed by atoms with Gasteiger partial charge >= 0.3 is 6.01 Å². The van der Waals surface area contributed by atoms with E-state index in [2.05, 4.69) is 22.0 Å². The number of aromatic nitrogens is 2. The summed E-state index contributed by atoms with van der Waals surface area (Å²) in [6, 6.07) is 6.18. The van der Waals surface area contributed by atoms with E-state index >= 15 is 0 Å². The summed E-state index contributed by atoms with van der Waals surface area (Å²) in [5.74, 6) is 2.66. The Bertz CT molecular complexity index is 633. The van der Waals surface area contributed by atoms with Crippen LogP contribution in [0.25, 0.3) is 11.4 Å². The largest absolute Gasteiger partial charge is 0.493 e. The summed E-state index contributed by atoms with van der Waals surface area (Å²) in [7, 11) is 3.22. The molecular formula is C16H21N3O3. The van der Waals surface area contributed by atoms with Gasteiger partial charge in [0, 0.05) is 18.7 Å².